The molecule has 2 atom stereocenters. The molecule has 0 fully saturated rings. The maximum Gasteiger partial charge on any atom is 0.312 e. The largest absolute Gasteiger partial charge is 0.496 e. The van der Waals surface area contributed by atoms with Crippen molar-refractivity contribution in [1.29, 1.82) is 0 Å². The smallest absolute Gasteiger partial charge is 0.312 e. The Bertz CT molecular complexity index is 1400. The van der Waals surface area contributed by atoms with Gasteiger partial charge in [0.25, 0.3) is 5.91 Å². The van der Waals surface area contributed by atoms with Crippen molar-refractivity contribution in [3.05, 3.63) is 47.5 Å². The van der Waals surface area contributed by atoms with Crippen molar-refractivity contribution in [1.82, 2.24) is 16.0 Å². The third-order valence-electron chi connectivity index (χ3n) is 6.71. The van der Waals surface area contributed by atoms with Crippen molar-refractivity contribution in [2.45, 2.75) is 45.6 Å². The first-order chi connectivity index (χ1) is 21.4. The molecule has 0 saturated heterocycles. The van der Waals surface area contributed by atoms with E-state index in [-0.39, 0.29) is 41.5 Å². The molecular formula is C30H41N7O8. The Hall–Kier alpha value is -5.34. The molecule has 9 N–H and O–H groups in total. The van der Waals surface area contributed by atoms with Crippen molar-refractivity contribution in [3.8, 4) is 11.5 Å². The van der Waals surface area contributed by atoms with Crippen LogP contribution >= 0.6 is 0 Å². The SMILES string of the molecule is COc1ccc(NC(=O)[C@@H](CCCNC(N)=O)NC(=O)c2cc(NC(=O)[C@H](C)CCCNC(N)=O)ccc2OC)cc1C(C)=O. The van der Waals surface area contributed by atoms with E-state index in [1.807, 2.05) is 0 Å². The van der Waals surface area contributed by atoms with E-state index in [2.05, 4.69) is 26.6 Å². The minimum absolute atomic E-state index is 0.0602. The van der Waals surface area contributed by atoms with Crippen LogP contribution in [0.15, 0.2) is 36.4 Å². The van der Waals surface area contributed by atoms with Crippen LogP contribution in [0.25, 0.3) is 0 Å². The van der Waals surface area contributed by atoms with Gasteiger partial charge in [-0.25, -0.2) is 9.59 Å². The zero-order valence-electron chi connectivity index (χ0n) is 25.8. The van der Waals surface area contributed by atoms with E-state index < -0.39 is 35.8 Å². The fourth-order valence-corrected chi connectivity index (χ4v) is 4.29. The van der Waals surface area contributed by atoms with Crippen LogP contribution in [0, 0.1) is 5.92 Å². The summed E-state index contributed by atoms with van der Waals surface area (Å²) in [5.74, 6) is -1.65. The van der Waals surface area contributed by atoms with Crippen molar-refractivity contribution in [3.63, 3.8) is 0 Å². The van der Waals surface area contributed by atoms with Crippen LogP contribution in [0.2, 0.25) is 0 Å². The molecule has 0 aromatic heterocycles. The predicted molar refractivity (Wildman–Crippen MR) is 167 cm³/mol. The zero-order valence-corrected chi connectivity index (χ0v) is 25.8. The Morgan fingerprint density at radius 3 is 1.73 bits per heavy atom. The summed E-state index contributed by atoms with van der Waals surface area (Å²) in [6.07, 6.45) is 1.44. The monoisotopic (exact) mass is 627 g/mol. The minimum atomic E-state index is -1.08. The fraction of sp³-hybridized carbons (Fsp3) is 0.400. The Balaban J connectivity index is 2.23. The molecule has 0 saturated carbocycles. The van der Waals surface area contributed by atoms with Gasteiger partial charge in [0.15, 0.2) is 5.78 Å². The number of hydrogen-bond donors (Lipinski definition) is 7. The number of anilines is 2. The second-order valence-corrected chi connectivity index (χ2v) is 10.2. The number of nitrogens with two attached hydrogens (primary N) is 2. The summed E-state index contributed by atoms with van der Waals surface area (Å²) in [4.78, 5) is 73.5. The number of ether oxygens (including phenoxy) is 2. The van der Waals surface area contributed by atoms with Crippen LogP contribution in [-0.2, 0) is 9.59 Å². The van der Waals surface area contributed by atoms with Crippen LogP contribution in [0.5, 0.6) is 11.5 Å². The van der Waals surface area contributed by atoms with E-state index in [0.29, 0.717) is 42.9 Å². The van der Waals surface area contributed by atoms with Gasteiger partial charge in [0.2, 0.25) is 11.8 Å². The molecule has 0 radical (unpaired) electrons. The molecule has 45 heavy (non-hydrogen) atoms. The number of rotatable bonds is 17. The summed E-state index contributed by atoms with van der Waals surface area (Å²) < 4.78 is 10.6. The quantitative estimate of drug-likeness (QED) is 0.101. The Morgan fingerprint density at radius 1 is 0.733 bits per heavy atom. The lowest BCUT2D eigenvalue weighted by Crippen LogP contribution is -2.44. The summed E-state index contributed by atoms with van der Waals surface area (Å²) in [7, 11) is 2.80. The molecule has 2 aromatic rings. The average molecular weight is 628 g/mol. The van der Waals surface area contributed by atoms with Crippen LogP contribution in [0.1, 0.15) is 60.2 Å². The second-order valence-electron chi connectivity index (χ2n) is 10.2. The van der Waals surface area contributed by atoms with Gasteiger partial charge in [-0.15, -0.1) is 0 Å². The lowest BCUT2D eigenvalue weighted by molar-refractivity contribution is -0.119. The number of carbonyl (C=O) groups excluding carboxylic acids is 6. The number of methoxy groups -OCH3 is 2. The molecule has 2 rings (SSSR count). The third kappa shape index (κ3) is 11.7. The molecule has 0 aliphatic rings. The van der Waals surface area contributed by atoms with Crippen LogP contribution in [0.3, 0.4) is 0 Å². The number of benzene rings is 2. The van der Waals surface area contributed by atoms with Crippen LogP contribution in [-0.4, -0.2) is 68.9 Å². The second kappa shape index (κ2) is 17.7. The van der Waals surface area contributed by atoms with Gasteiger partial charge in [-0.3, -0.25) is 19.2 Å². The lowest BCUT2D eigenvalue weighted by atomic mass is 10.0. The van der Waals surface area contributed by atoms with E-state index in [4.69, 9.17) is 20.9 Å². The molecule has 0 unspecified atom stereocenters. The Kier molecular flexibility index (Phi) is 14.1. The molecule has 0 aliphatic carbocycles. The van der Waals surface area contributed by atoms with Crippen molar-refractivity contribution in [2.75, 3.05) is 37.9 Å². The predicted octanol–water partition coefficient (Wildman–Crippen LogP) is 2.12. The highest BCUT2D eigenvalue weighted by molar-refractivity contribution is 6.04. The number of primary amides is 2. The van der Waals surface area contributed by atoms with E-state index >= 15 is 0 Å². The highest BCUT2D eigenvalue weighted by Crippen LogP contribution is 2.25. The molecule has 244 valence electrons. The van der Waals surface area contributed by atoms with Crippen LogP contribution in [0.4, 0.5) is 21.0 Å². The summed E-state index contributed by atoms with van der Waals surface area (Å²) >= 11 is 0. The maximum absolute atomic E-state index is 13.5. The van der Waals surface area contributed by atoms with Gasteiger partial charge in [-0.2, -0.15) is 0 Å². The number of hydrogen-bond acceptors (Lipinski definition) is 8. The van der Waals surface area contributed by atoms with E-state index in [0.717, 1.165) is 0 Å². The number of amides is 7. The van der Waals surface area contributed by atoms with E-state index in [1.54, 1.807) is 25.1 Å². The number of Topliss-reactive ketones (excluding diaryl/α,β-unsaturated/α-hetero) is 1. The summed E-state index contributed by atoms with van der Waals surface area (Å²) in [6, 6.07) is 6.64. The number of urea groups is 2. The molecule has 7 amide bonds. The first-order valence-corrected chi connectivity index (χ1v) is 14.2. The standard InChI is InChI=1S/C30H41N7O8/c1-17(7-5-13-33-29(31)42)26(39)35-20-10-12-25(45-4)22(16-20)27(40)37-23(8-6-14-34-30(32)43)28(41)36-19-9-11-24(44-3)21(15-19)18(2)38/h9-12,15-17,23H,5-8,13-14H2,1-4H3,(H,35,39)(H,36,41)(H,37,40)(H3,31,33,42)(H3,32,34,43)/t17-,23-/m1/s1. The molecule has 0 aliphatic heterocycles. The number of ketones is 1. The Labute approximate surface area is 261 Å². The van der Waals surface area contributed by atoms with Crippen molar-refractivity contribution < 1.29 is 38.2 Å². The summed E-state index contributed by atoms with van der Waals surface area (Å²) in [5.41, 5.74) is 11.1. The van der Waals surface area contributed by atoms with Gasteiger partial charge in [-0.1, -0.05) is 6.92 Å². The van der Waals surface area contributed by atoms with Gasteiger partial charge in [0, 0.05) is 30.4 Å². The minimum Gasteiger partial charge on any atom is -0.496 e. The van der Waals surface area contributed by atoms with Gasteiger partial charge < -0.3 is 47.5 Å². The van der Waals surface area contributed by atoms with Gasteiger partial charge in [0.1, 0.15) is 17.5 Å². The normalized spacial score (nSPS) is 11.7. The number of carbonyl (C=O) groups is 6. The molecule has 15 nitrogen and oxygen atoms in total. The van der Waals surface area contributed by atoms with Gasteiger partial charge in [-0.05, 0) is 69.0 Å². The molecule has 15 heteroatoms. The average Bonchev–Trinajstić information content (AvgIpc) is 3.00. The maximum atomic E-state index is 13.5. The van der Waals surface area contributed by atoms with Gasteiger partial charge >= 0.3 is 12.1 Å². The lowest BCUT2D eigenvalue weighted by Gasteiger charge is -2.20. The van der Waals surface area contributed by atoms with Gasteiger partial charge in [0.05, 0.1) is 25.3 Å². The Morgan fingerprint density at radius 2 is 1.22 bits per heavy atom. The van der Waals surface area contributed by atoms with Crippen molar-refractivity contribution in [2.24, 2.45) is 17.4 Å². The topological polar surface area (TPSA) is 233 Å². The number of nitrogens with one attached hydrogen (secondary N) is 5. The zero-order chi connectivity index (χ0) is 33.5. The molecular weight excluding hydrogens is 586 g/mol. The van der Waals surface area contributed by atoms with Crippen molar-refractivity contribution >= 4 is 46.9 Å². The third-order valence-corrected chi connectivity index (χ3v) is 6.71. The highest BCUT2D eigenvalue weighted by atomic mass is 16.5. The molecule has 0 bridgehead atoms. The van der Waals surface area contributed by atoms with Crippen LogP contribution < -0.4 is 47.5 Å². The molecule has 2 aromatic carbocycles. The molecule has 0 heterocycles. The molecule has 0 spiro atoms. The summed E-state index contributed by atoms with van der Waals surface area (Å²) in [5, 5.41) is 13.1. The summed E-state index contributed by atoms with van der Waals surface area (Å²) in [6.45, 7) is 3.60. The highest BCUT2D eigenvalue weighted by Gasteiger charge is 2.24. The van der Waals surface area contributed by atoms with E-state index in [9.17, 15) is 28.8 Å². The fourth-order valence-electron chi connectivity index (χ4n) is 4.29. The first kappa shape index (κ1) is 35.9. The first-order valence-electron chi connectivity index (χ1n) is 14.2. The van der Waals surface area contributed by atoms with E-state index in [1.165, 1.54) is 39.3 Å².